The first kappa shape index (κ1) is 17.3. The van der Waals surface area contributed by atoms with E-state index in [0.717, 1.165) is 24.2 Å². The molecule has 0 aliphatic carbocycles. The molecule has 3 aromatic carbocycles. The molecule has 0 fully saturated rings. The van der Waals surface area contributed by atoms with Crippen molar-refractivity contribution in [1.29, 1.82) is 0 Å². The molecule has 0 N–H and O–H groups in total. The number of rotatable bonds is 5. The molecule has 2 nitrogen and oxygen atoms in total. The van der Waals surface area contributed by atoms with Crippen LogP contribution >= 0.6 is 0 Å². The van der Waals surface area contributed by atoms with Crippen molar-refractivity contribution >= 4 is 0 Å². The quantitative estimate of drug-likeness (QED) is 0.410. The zero-order valence-corrected chi connectivity index (χ0v) is 15.9. The smallest absolute Gasteiger partial charge is 0.144 e. The fourth-order valence-electron chi connectivity index (χ4n) is 3.69. The third-order valence-electron chi connectivity index (χ3n) is 5.05. The van der Waals surface area contributed by atoms with Crippen molar-refractivity contribution in [2.24, 2.45) is 0 Å². The van der Waals surface area contributed by atoms with Crippen molar-refractivity contribution in [1.82, 2.24) is 9.55 Å². The minimum atomic E-state index is 0.982. The van der Waals surface area contributed by atoms with Crippen LogP contribution in [-0.4, -0.2) is 9.55 Å². The lowest BCUT2D eigenvalue weighted by molar-refractivity contribution is 0.970. The van der Waals surface area contributed by atoms with Crippen LogP contribution in [0.1, 0.15) is 25.0 Å². The summed E-state index contributed by atoms with van der Waals surface area (Å²) in [7, 11) is 0. The lowest BCUT2D eigenvalue weighted by atomic mass is 9.95. The Morgan fingerprint density at radius 1 is 0.704 bits per heavy atom. The molecule has 1 heterocycles. The summed E-state index contributed by atoms with van der Waals surface area (Å²) in [6, 6.07) is 25.7. The van der Waals surface area contributed by atoms with Crippen molar-refractivity contribution < 1.29 is 0 Å². The van der Waals surface area contributed by atoms with Gasteiger partial charge in [0.2, 0.25) is 0 Å². The van der Waals surface area contributed by atoms with E-state index in [1.807, 2.05) is 12.3 Å². The van der Waals surface area contributed by atoms with Crippen LogP contribution in [0.2, 0.25) is 0 Å². The van der Waals surface area contributed by atoms with Gasteiger partial charge in [-0.05, 0) is 47.2 Å². The van der Waals surface area contributed by atoms with Crippen LogP contribution in [0.4, 0.5) is 0 Å². The van der Waals surface area contributed by atoms with Crippen molar-refractivity contribution in [3.05, 3.63) is 96.3 Å². The van der Waals surface area contributed by atoms with E-state index < -0.39 is 0 Å². The maximum absolute atomic E-state index is 4.66. The molecule has 0 aliphatic heterocycles. The van der Waals surface area contributed by atoms with Crippen molar-refractivity contribution in [2.75, 3.05) is 0 Å². The highest BCUT2D eigenvalue weighted by Crippen LogP contribution is 2.32. The predicted octanol–water partition coefficient (Wildman–Crippen LogP) is 6.33. The summed E-state index contributed by atoms with van der Waals surface area (Å²) in [5, 5.41) is 0. The summed E-state index contributed by atoms with van der Waals surface area (Å²) < 4.78 is 2.25. The van der Waals surface area contributed by atoms with Gasteiger partial charge in [0.05, 0.1) is 5.69 Å². The molecule has 1 aromatic heterocycles. The van der Waals surface area contributed by atoms with Gasteiger partial charge < -0.3 is 0 Å². The molecule has 0 amide bonds. The maximum Gasteiger partial charge on any atom is 0.144 e. The van der Waals surface area contributed by atoms with Crippen LogP contribution in [0.3, 0.4) is 0 Å². The van der Waals surface area contributed by atoms with E-state index in [2.05, 4.69) is 96.3 Å². The van der Waals surface area contributed by atoms with Gasteiger partial charge >= 0.3 is 0 Å². The molecule has 27 heavy (non-hydrogen) atoms. The highest BCUT2D eigenvalue weighted by molar-refractivity contribution is 5.70. The van der Waals surface area contributed by atoms with Crippen LogP contribution in [0.25, 0.3) is 28.2 Å². The zero-order chi connectivity index (χ0) is 18.6. The van der Waals surface area contributed by atoms with E-state index in [9.17, 15) is 0 Å². The molecule has 4 rings (SSSR count). The van der Waals surface area contributed by atoms with Gasteiger partial charge in [0.25, 0.3) is 0 Å². The van der Waals surface area contributed by atoms with Gasteiger partial charge in [-0.1, -0.05) is 74.5 Å². The Kier molecular flexibility index (Phi) is 4.88. The second kappa shape index (κ2) is 7.63. The van der Waals surface area contributed by atoms with E-state index >= 15 is 0 Å². The molecule has 4 aromatic rings. The molecule has 134 valence electrons. The number of aromatic nitrogens is 2. The summed E-state index contributed by atoms with van der Waals surface area (Å²) in [5.74, 6) is 0.993. The van der Waals surface area contributed by atoms with Crippen molar-refractivity contribution in [3.8, 4) is 28.2 Å². The lowest BCUT2D eigenvalue weighted by Crippen LogP contribution is -2.05. The number of aryl methyl sites for hydroxylation is 2. The Morgan fingerprint density at radius 3 is 1.81 bits per heavy atom. The first-order chi connectivity index (χ1) is 13.3. The second-order valence-electron chi connectivity index (χ2n) is 6.70. The fraction of sp³-hybridized carbons (Fsp3) is 0.160. The van der Waals surface area contributed by atoms with Gasteiger partial charge in [-0.25, -0.2) is 4.98 Å². The number of hydrogen-bond donors (Lipinski definition) is 0. The number of benzene rings is 3. The lowest BCUT2D eigenvalue weighted by Gasteiger charge is -2.19. The van der Waals surface area contributed by atoms with E-state index in [1.165, 1.54) is 27.9 Å². The number of imidazole rings is 1. The monoisotopic (exact) mass is 352 g/mol. The van der Waals surface area contributed by atoms with Gasteiger partial charge in [0.15, 0.2) is 0 Å². The molecule has 0 radical (unpaired) electrons. The van der Waals surface area contributed by atoms with E-state index in [-0.39, 0.29) is 0 Å². The van der Waals surface area contributed by atoms with Gasteiger partial charge in [0.1, 0.15) is 5.82 Å². The summed E-state index contributed by atoms with van der Waals surface area (Å²) >= 11 is 0. The number of nitrogens with zero attached hydrogens (tertiary/aromatic N) is 2. The summed E-state index contributed by atoms with van der Waals surface area (Å²) in [6.45, 7) is 4.46. The van der Waals surface area contributed by atoms with Crippen LogP contribution in [0, 0.1) is 0 Å². The highest BCUT2D eigenvalue weighted by Gasteiger charge is 2.15. The Balaban J connectivity index is 1.91. The average molecular weight is 352 g/mol. The maximum atomic E-state index is 4.66. The van der Waals surface area contributed by atoms with Gasteiger partial charge in [0, 0.05) is 18.0 Å². The van der Waals surface area contributed by atoms with E-state index in [1.54, 1.807) is 0 Å². The zero-order valence-electron chi connectivity index (χ0n) is 15.9. The molecule has 0 unspecified atom stereocenters. The normalized spacial score (nSPS) is 10.9. The molecule has 0 saturated heterocycles. The Labute approximate surface area is 161 Å². The van der Waals surface area contributed by atoms with E-state index in [4.69, 9.17) is 0 Å². The molecule has 0 atom stereocenters. The average Bonchev–Trinajstić information content (AvgIpc) is 3.23. The van der Waals surface area contributed by atoms with Gasteiger partial charge in [-0.2, -0.15) is 0 Å². The molecule has 0 bridgehead atoms. The Morgan fingerprint density at radius 2 is 1.26 bits per heavy atom. The van der Waals surface area contributed by atoms with Crippen LogP contribution in [0.15, 0.2) is 85.2 Å². The predicted molar refractivity (Wildman–Crippen MR) is 113 cm³/mol. The van der Waals surface area contributed by atoms with Gasteiger partial charge in [-0.3, -0.25) is 4.57 Å². The molecular formula is C25H24N2. The molecule has 0 aliphatic rings. The SMILES string of the molecule is CCc1cc(-c2ccccc2)cc(CC)c1-n1ccnc1-c1ccccc1. The third-order valence-corrected chi connectivity index (χ3v) is 5.05. The fourth-order valence-corrected chi connectivity index (χ4v) is 3.69. The molecular weight excluding hydrogens is 328 g/mol. The first-order valence-corrected chi connectivity index (χ1v) is 9.62. The first-order valence-electron chi connectivity index (χ1n) is 9.62. The standard InChI is InChI=1S/C25H24N2/c1-3-19-17-23(21-11-7-5-8-12-21)18-20(4-2)24(19)27-16-15-26-25(27)22-13-9-6-10-14-22/h5-18H,3-4H2,1-2H3. The van der Waals surface area contributed by atoms with Crippen molar-refractivity contribution in [3.63, 3.8) is 0 Å². The molecule has 0 saturated carbocycles. The van der Waals surface area contributed by atoms with Crippen LogP contribution in [-0.2, 0) is 12.8 Å². The molecule has 0 spiro atoms. The Bertz CT molecular complexity index is 1010. The summed E-state index contributed by atoms with van der Waals surface area (Å²) in [5.41, 5.74) is 7.67. The largest absolute Gasteiger partial charge is 0.299 e. The summed E-state index contributed by atoms with van der Waals surface area (Å²) in [6.07, 6.45) is 5.94. The topological polar surface area (TPSA) is 17.8 Å². The minimum Gasteiger partial charge on any atom is -0.299 e. The van der Waals surface area contributed by atoms with Crippen molar-refractivity contribution in [2.45, 2.75) is 26.7 Å². The van der Waals surface area contributed by atoms with Gasteiger partial charge in [-0.15, -0.1) is 0 Å². The molecule has 2 heteroatoms. The van der Waals surface area contributed by atoms with Crippen LogP contribution in [0.5, 0.6) is 0 Å². The minimum absolute atomic E-state index is 0.982. The Hall–Kier alpha value is -3.13. The highest BCUT2D eigenvalue weighted by atomic mass is 15.1. The second-order valence-corrected chi connectivity index (χ2v) is 6.70. The van der Waals surface area contributed by atoms with Crippen LogP contribution < -0.4 is 0 Å². The summed E-state index contributed by atoms with van der Waals surface area (Å²) in [4.78, 5) is 4.66. The third kappa shape index (κ3) is 3.31. The number of hydrogen-bond acceptors (Lipinski definition) is 1. The van der Waals surface area contributed by atoms with E-state index in [0.29, 0.717) is 0 Å².